The van der Waals surface area contributed by atoms with E-state index in [1.54, 1.807) is 5.56 Å². The van der Waals surface area contributed by atoms with Gasteiger partial charge in [-0.25, -0.2) is 0 Å². The lowest BCUT2D eigenvalue weighted by Crippen LogP contribution is -2.35. The van der Waals surface area contributed by atoms with E-state index >= 15 is 0 Å². The Morgan fingerprint density at radius 1 is 1.00 bits per heavy atom. The van der Waals surface area contributed by atoms with E-state index in [1.165, 1.54) is 39.4 Å². The molecule has 1 fully saturated rings. The average Bonchev–Trinajstić information content (AvgIpc) is 3.62. The first-order valence-corrected chi connectivity index (χ1v) is 13.2. The number of hydrogen-bond donors (Lipinski definition) is 2. The molecule has 1 aliphatic carbocycles. The second-order valence-electron chi connectivity index (χ2n) is 11.4. The van der Waals surface area contributed by atoms with Crippen LogP contribution in [0.25, 0.3) is 16.8 Å². The van der Waals surface area contributed by atoms with Crippen molar-refractivity contribution in [2.45, 2.75) is 58.4 Å². The zero-order valence-electron chi connectivity index (χ0n) is 21.8. The number of amidine groups is 1. The normalized spacial score (nSPS) is 22.3. The number of rotatable bonds is 6. The number of nitrogens with one attached hydrogen (secondary N) is 1. The van der Waals surface area contributed by atoms with Crippen LogP contribution in [0.1, 0.15) is 85.4 Å². The molecule has 3 N–H and O–H groups in total. The molecule has 3 unspecified atom stereocenters. The van der Waals surface area contributed by atoms with Crippen molar-refractivity contribution in [3.05, 3.63) is 88.0 Å². The highest BCUT2D eigenvalue weighted by Gasteiger charge is 2.40. The molecule has 1 aliphatic heterocycles. The molecule has 3 heteroatoms. The first-order chi connectivity index (χ1) is 16.7. The maximum atomic E-state index is 7.87. The number of nitrogen functional groups attached to an aromatic ring is 1. The zero-order valence-corrected chi connectivity index (χ0v) is 21.8. The van der Waals surface area contributed by atoms with Gasteiger partial charge in [0.25, 0.3) is 0 Å². The number of allylic oxidation sites excluding steroid dienone is 1. The van der Waals surface area contributed by atoms with Crippen LogP contribution in [-0.2, 0) is 6.42 Å². The van der Waals surface area contributed by atoms with Gasteiger partial charge in [0, 0.05) is 18.2 Å². The summed E-state index contributed by atoms with van der Waals surface area (Å²) in [5.74, 6) is 2.38. The minimum atomic E-state index is 0.120. The number of hydrogen-bond acceptors (Lipinski definition) is 2. The molecule has 5 rings (SSSR count). The van der Waals surface area contributed by atoms with Crippen molar-refractivity contribution in [3.63, 3.8) is 0 Å². The minimum Gasteiger partial charge on any atom is -0.384 e. The maximum absolute atomic E-state index is 7.87. The summed E-state index contributed by atoms with van der Waals surface area (Å²) in [7, 11) is 2.28. The molecule has 182 valence electrons. The number of nitrogens with zero attached hydrogens (tertiary/aromatic N) is 1. The van der Waals surface area contributed by atoms with Crippen LogP contribution in [0.2, 0.25) is 0 Å². The molecular formula is C32H39N3. The van der Waals surface area contributed by atoms with Crippen LogP contribution in [-0.4, -0.2) is 24.3 Å². The monoisotopic (exact) mass is 465 g/mol. The predicted molar refractivity (Wildman–Crippen MR) is 149 cm³/mol. The van der Waals surface area contributed by atoms with E-state index in [0.29, 0.717) is 29.7 Å². The molecule has 0 bridgehead atoms. The molecule has 0 spiro atoms. The van der Waals surface area contributed by atoms with Crippen LogP contribution in [0, 0.1) is 17.2 Å². The Morgan fingerprint density at radius 3 is 2.49 bits per heavy atom. The molecule has 2 aliphatic rings. The van der Waals surface area contributed by atoms with Crippen molar-refractivity contribution < 1.29 is 0 Å². The SMILES string of the molecule is CC(C)C=Cc1cc(C2CC2c2ccc3c(c2)C(C(C)C)N(C)CC3)cc2ccc(C(=N)N)cc12. The van der Waals surface area contributed by atoms with Crippen LogP contribution in [0.5, 0.6) is 0 Å². The van der Waals surface area contributed by atoms with Crippen LogP contribution in [0.15, 0.2) is 54.6 Å². The lowest BCUT2D eigenvalue weighted by molar-refractivity contribution is 0.181. The fourth-order valence-electron chi connectivity index (χ4n) is 6.05. The Bertz CT molecular complexity index is 1300. The van der Waals surface area contributed by atoms with Gasteiger partial charge >= 0.3 is 0 Å². The second kappa shape index (κ2) is 9.28. The van der Waals surface area contributed by atoms with E-state index in [4.69, 9.17) is 11.1 Å². The highest BCUT2D eigenvalue weighted by molar-refractivity contribution is 6.01. The Labute approximate surface area is 210 Å². The third-order valence-electron chi connectivity index (χ3n) is 7.96. The van der Waals surface area contributed by atoms with Gasteiger partial charge in [-0.05, 0) is 88.2 Å². The van der Waals surface area contributed by atoms with Crippen molar-refractivity contribution in [1.82, 2.24) is 4.90 Å². The summed E-state index contributed by atoms with van der Waals surface area (Å²) in [5, 5.41) is 10.3. The maximum Gasteiger partial charge on any atom is 0.122 e. The van der Waals surface area contributed by atoms with Gasteiger partial charge in [-0.2, -0.15) is 0 Å². The summed E-state index contributed by atoms with van der Waals surface area (Å²) < 4.78 is 0. The Balaban J connectivity index is 1.50. The fraction of sp³-hybridized carbons (Fsp3) is 0.406. The molecule has 0 amide bonds. The summed E-state index contributed by atoms with van der Waals surface area (Å²) in [6.45, 7) is 10.3. The first kappa shape index (κ1) is 23.8. The van der Waals surface area contributed by atoms with Gasteiger partial charge in [0.15, 0.2) is 0 Å². The molecule has 3 atom stereocenters. The van der Waals surface area contributed by atoms with E-state index in [0.717, 1.165) is 18.5 Å². The van der Waals surface area contributed by atoms with Crippen molar-refractivity contribution in [3.8, 4) is 0 Å². The third-order valence-corrected chi connectivity index (χ3v) is 7.96. The minimum absolute atomic E-state index is 0.120. The van der Waals surface area contributed by atoms with Crippen LogP contribution in [0.4, 0.5) is 0 Å². The fourth-order valence-corrected chi connectivity index (χ4v) is 6.05. The van der Waals surface area contributed by atoms with Crippen LogP contribution >= 0.6 is 0 Å². The van der Waals surface area contributed by atoms with Crippen LogP contribution < -0.4 is 5.73 Å². The summed E-state index contributed by atoms with van der Waals surface area (Å²) >= 11 is 0. The third kappa shape index (κ3) is 4.67. The van der Waals surface area contributed by atoms with Gasteiger partial charge < -0.3 is 5.73 Å². The van der Waals surface area contributed by atoms with E-state index in [2.05, 4.69) is 94.3 Å². The van der Waals surface area contributed by atoms with Crippen LogP contribution in [0.3, 0.4) is 0 Å². The molecule has 0 saturated heterocycles. The topological polar surface area (TPSA) is 53.1 Å². The van der Waals surface area contributed by atoms with Gasteiger partial charge in [-0.3, -0.25) is 10.3 Å². The smallest absolute Gasteiger partial charge is 0.122 e. The quantitative estimate of drug-likeness (QED) is 0.297. The largest absolute Gasteiger partial charge is 0.384 e. The van der Waals surface area contributed by atoms with Crippen molar-refractivity contribution >= 4 is 22.7 Å². The van der Waals surface area contributed by atoms with E-state index in [9.17, 15) is 0 Å². The van der Waals surface area contributed by atoms with Gasteiger partial charge in [-0.1, -0.05) is 82.3 Å². The Morgan fingerprint density at radius 2 is 1.77 bits per heavy atom. The summed E-state index contributed by atoms with van der Waals surface area (Å²) in [6, 6.07) is 18.7. The predicted octanol–water partition coefficient (Wildman–Crippen LogP) is 7.25. The molecule has 0 radical (unpaired) electrons. The molecule has 1 heterocycles. The zero-order chi connectivity index (χ0) is 24.9. The van der Waals surface area contributed by atoms with Crippen molar-refractivity contribution in [2.75, 3.05) is 13.6 Å². The summed E-state index contributed by atoms with van der Waals surface area (Å²) in [5.41, 5.74) is 13.8. The van der Waals surface area contributed by atoms with Gasteiger partial charge in [0.1, 0.15) is 5.84 Å². The van der Waals surface area contributed by atoms with Gasteiger partial charge in [0.05, 0.1) is 0 Å². The van der Waals surface area contributed by atoms with E-state index < -0.39 is 0 Å². The molecule has 3 aromatic carbocycles. The van der Waals surface area contributed by atoms with E-state index in [1.807, 2.05) is 6.07 Å². The molecule has 3 nitrogen and oxygen atoms in total. The Hall–Kier alpha value is -2.91. The highest BCUT2D eigenvalue weighted by Crippen LogP contribution is 2.56. The van der Waals surface area contributed by atoms with E-state index in [-0.39, 0.29) is 5.84 Å². The molecule has 35 heavy (non-hydrogen) atoms. The molecule has 1 saturated carbocycles. The average molecular weight is 466 g/mol. The number of fused-ring (bicyclic) bond motifs is 2. The lowest BCUT2D eigenvalue weighted by Gasteiger charge is -2.37. The molecule has 0 aromatic heterocycles. The van der Waals surface area contributed by atoms with Gasteiger partial charge in [0.2, 0.25) is 0 Å². The number of benzene rings is 3. The number of likely N-dealkylation sites (N-methyl/N-ethyl adjacent to an activating group) is 1. The summed E-state index contributed by atoms with van der Waals surface area (Å²) in [4.78, 5) is 2.53. The van der Waals surface area contributed by atoms with Crippen molar-refractivity contribution in [2.24, 2.45) is 17.6 Å². The first-order valence-electron chi connectivity index (χ1n) is 13.2. The highest BCUT2D eigenvalue weighted by atomic mass is 15.1. The molecule has 3 aromatic rings. The van der Waals surface area contributed by atoms with Crippen molar-refractivity contribution in [1.29, 1.82) is 5.41 Å². The Kier molecular flexibility index (Phi) is 6.31. The number of nitrogens with two attached hydrogens (primary N) is 1. The van der Waals surface area contributed by atoms with Gasteiger partial charge in [-0.15, -0.1) is 0 Å². The lowest BCUT2D eigenvalue weighted by atomic mass is 9.85. The second-order valence-corrected chi connectivity index (χ2v) is 11.4. The molecular weight excluding hydrogens is 426 g/mol. The summed E-state index contributed by atoms with van der Waals surface area (Å²) in [6.07, 6.45) is 6.88. The standard InChI is InChI=1S/C32H39N3/c1-19(2)6-7-22-14-26(15-23-10-11-25(32(33)34)17-27(22)23)29-18-28(29)24-9-8-21-12-13-35(5)31(20(3)4)30(21)16-24/h6-11,14-17,19-20,28-29,31H,12-13,18H2,1-5H3,(H3,33,34).